The van der Waals surface area contributed by atoms with Gasteiger partial charge >= 0.3 is 5.97 Å². The number of benzene rings is 1. The first kappa shape index (κ1) is 13.1. The second-order valence-corrected chi connectivity index (χ2v) is 5.52. The van der Waals surface area contributed by atoms with Crippen molar-refractivity contribution in [2.24, 2.45) is 5.92 Å². The van der Waals surface area contributed by atoms with Crippen LogP contribution in [0.25, 0.3) is 0 Å². The van der Waals surface area contributed by atoms with E-state index in [-0.39, 0.29) is 12.0 Å². The smallest absolute Gasteiger partial charge is 0.321 e. The highest BCUT2D eigenvalue weighted by Crippen LogP contribution is 2.26. The van der Waals surface area contributed by atoms with Gasteiger partial charge in [-0.2, -0.15) is 0 Å². The molecule has 3 heteroatoms. The average Bonchev–Trinajstić information content (AvgIpc) is 2.57. The van der Waals surface area contributed by atoms with Crippen molar-refractivity contribution in [1.29, 1.82) is 0 Å². The molecule has 0 saturated carbocycles. The minimum Gasteiger partial charge on any atom is -0.480 e. The Labute approximate surface area is 108 Å². The lowest BCUT2D eigenvalue weighted by molar-refractivity contribution is -0.143. The molecule has 0 aliphatic carbocycles. The number of likely N-dealkylation sites (tertiary alicyclic amines) is 1. The zero-order valence-corrected chi connectivity index (χ0v) is 11.3. The summed E-state index contributed by atoms with van der Waals surface area (Å²) in [5.74, 6) is -0.446. The van der Waals surface area contributed by atoms with E-state index in [2.05, 4.69) is 36.9 Å². The third-order valence-corrected chi connectivity index (χ3v) is 3.72. The predicted octanol–water partition coefficient (Wildman–Crippen LogP) is 2.60. The summed E-state index contributed by atoms with van der Waals surface area (Å²) in [7, 11) is 0. The normalized spacial score (nSPS) is 24.4. The Kier molecular flexibility index (Phi) is 3.71. The van der Waals surface area contributed by atoms with Gasteiger partial charge in [0.15, 0.2) is 0 Å². The number of rotatable bonds is 3. The molecule has 1 saturated heterocycles. The van der Waals surface area contributed by atoms with Gasteiger partial charge in [-0.15, -0.1) is 0 Å². The first-order valence-corrected chi connectivity index (χ1v) is 6.51. The summed E-state index contributed by atoms with van der Waals surface area (Å²) >= 11 is 0. The standard InChI is InChI=1S/C15H21NO2/c1-10-6-11(2)8-13(7-10)9-16-5-4-12(3)14(16)15(17)18/h6-8,12,14H,4-5,9H2,1-3H3,(H,17,18). The molecule has 2 atom stereocenters. The van der Waals surface area contributed by atoms with Gasteiger partial charge < -0.3 is 5.11 Å². The van der Waals surface area contributed by atoms with E-state index >= 15 is 0 Å². The number of hydrogen-bond donors (Lipinski definition) is 1. The number of carbonyl (C=O) groups is 1. The van der Waals surface area contributed by atoms with Gasteiger partial charge in [-0.25, -0.2) is 0 Å². The highest BCUT2D eigenvalue weighted by atomic mass is 16.4. The van der Waals surface area contributed by atoms with Crippen molar-refractivity contribution in [3.63, 3.8) is 0 Å². The Morgan fingerprint density at radius 1 is 1.33 bits per heavy atom. The van der Waals surface area contributed by atoms with Gasteiger partial charge in [0.2, 0.25) is 0 Å². The van der Waals surface area contributed by atoms with E-state index in [1.807, 2.05) is 6.92 Å². The zero-order chi connectivity index (χ0) is 13.3. The average molecular weight is 247 g/mol. The van der Waals surface area contributed by atoms with Crippen LogP contribution in [-0.2, 0) is 11.3 Å². The van der Waals surface area contributed by atoms with Crippen LogP contribution in [0.15, 0.2) is 18.2 Å². The molecule has 1 aliphatic heterocycles. The van der Waals surface area contributed by atoms with E-state index in [0.717, 1.165) is 19.5 Å². The van der Waals surface area contributed by atoms with Gasteiger partial charge in [-0.1, -0.05) is 36.2 Å². The molecule has 0 bridgehead atoms. The lowest BCUT2D eigenvalue weighted by Gasteiger charge is -2.23. The van der Waals surface area contributed by atoms with Crippen LogP contribution in [0.4, 0.5) is 0 Å². The first-order chi connectivity index (χ1) is 8.47. The highest BCUT2D eigenvalue weighted by molar-refractivity contribution is 5.74. The van der Waals surface area contributed by atoms with Crippen LogP contribution in [-0.4, -0.2) is 28.6 Å². The zero-order valence-electron chi connectivity index (χ0n) is 11.3. The molecule has 18 heavy (non-hydrogen) atoms. The van der Waals surface area contributed by atoms with Crippen molar-refractivity contribution in [1.82, 2.24) is 4.90 Å². The fraction of sp³-hybridized carbons (Fsp3) is 0.533. The van der Waals surface area contributed by atoms with Crippen molar-refractivity contribution < 1.29 is 9.90 Å². The van der Waals surface area contributed by atoms with Crippen LogP contribution in [0.5, 0.6) is 0 Å². The molecule has 3 nitrogen and oxygen atoms in total. The summed E-state index contributed by atoms with van der Waals surface area (Å²) in [6.45, 7) is 7.81. The van der Waals surface area contributed by atoms with Gasteiger partial charge in [0, 0.05) is 6.54 Å². The fourth-order valence-corrected chi connectivity index (χ4v) is 3.00. The van der Waals surface area contributed by atoms with E-state index in [0.29, 0.717) is 0 Å². The second-order valence-electron chi connectivity index (χ2n) is 5.52. The SMILES string of the molecule is Cc1cc(C)cc(CN2CCC(C)C2C(=O)O)c1. The molecular formula is C15H21NO2. The summed E-state index contributed by atoms with van der Waals surface area (Å²) in [5.41, 5.74) is 3.70. The molecule has 98 valence electrons. The Bertz CT molecular complexity index is 436. The number of aliphatic carboxylic acids is 1. The summed E-state index contributed by atoms with van der Waals surface area (Å²) in [6, 6.07) is 6.11. The van der Waals surface area contributed by atoms with Crippen molar-refractivity contribution in [2.75, 3.05) is 6.54 Å². The van der Waals surface area contributed by atoms with Gasteiger partial charge in [0.05, 0.1) is 0 Å². The predicted molar refractivity (Wildman–Crippen MR) is 71.5 cm³/mol. The quantitative estimate of drug-likeness (QED) is 0.892. The molecular weight excluding hydrogens is 226 g/mol. The topological polar surface area (TPSA) is 40.5 Å². The summed E-state index contributed by atoms with van der Waals surface area (Å²) in [6.07, 6.45) is 0.974. The number of hydrogen-bond acceptors (Lipinski definition) is 2. The summed E-state index contributed by atoms with van der Waals surface area (Å²) < 4.78 is 0. The Morgan fingerprint density at radius 2 is 1.94 bits per heavy atom. The maximum atomic E-state index is 11.3. The number of nitrogens with zero attached hydrogens (tertiary/aromatic N) is 1. The minimum atomic E-state index is -0.690. The minimum absolute atomic E-state index is 0.244. The van der Waals surface area contributed by atoms with Crippen molar-refractivity contribution in [2.45, 2.75) is 39.8 Å². The Morgan fingerprint density at radius 3 is 2.50 bits per heavy atom. The molecule has 1 fully saturated rings. The van der Waals surface area contributed by atoms with Crippen molar-refractivity contribution in [3.8, 4) is 0 Å². The largest absolute Gasteiger partial charge is 0.480 e. The number of carboxylic acid groups (broad SMARTS) is 1. The third kappa shape index (κ3) is 2.72. The summed E-state index contributed by atoms with van der Waals surface area (Å²) in [5, 5.41) is 9.30. The number of carboxylic acids is 1. The van der Waals surface area contributed by atoms with Crippen LogP contribution in [0.3, 0.4) is 0 Å². The van der Waals surface area contributed by atoms with Crippen LogP contribution in [0, 0.1) is 19.8 Å². The van der Waals surface area contributed by atoms with E-state index in [1.54, 1.807) is 0 Å². The lowest BCUT2D eigenvalue weighted by Crippen LogP contribution is -2.38. The molecule has 0 amide bonds. The van der Waals surface area contributed by atoms with Crippen LogP contribution in [0.2, 0.25) is 0 Å². The van der Waals surface area contributed by atoms with Crippen LogP contribution < -0.4 is 0 Å². The molecule has 2 rings (SSSR count). The molecule has 2 unspecified atom stereocenters. The van der Waals surface area contributed by atoms with Gasteiger partial charge in [0.1, 0.15) is 6.04 Å². The van der Waals surface area contributed by atoms with Crippen molar-refractivity contribution >= 4 is 5.97 Å². The van der Waals surface area contributed by atoms with E-state index in [9.17, 15) is 9.90 Å². The monoisotopic (exact) mass is 247 g/mol. The molecule has 0 radical (unpaired) electrons. The maximum absolute atomic E-state index is 11.3. The molecule has 1 aromatic rings. The van der Waals surface area contributed by atoms with Gasteiger partial charge in [-0.05, 0) is 38.3 Å². The highest BCUT2D eigenvalue weighted by Gasteiger charge is 2.36. The first-order valence-electron chi connectivity index (χ1n) is 6.51. The molecule has 1 aliphatic rings. The molecule has 0 aromatic heterocycles. The molecule has 1 aromatic carbocycles. The van der Waals surface area contributed by atoms with Gasteiger partial charge in [-0.3, -0.25) is 9.69 Å². The van der Waals surface area contributed by atoms with Crippen LogP contribution >= 0.6 is 0 Å². The molecule has 1 N–H and O–H groups in total. The van der Waals surface area contributed by atoms with Crippen molar-refractivity contribution in [3.05, 3.63) is 34.9 Å². The molecule has 0 spiro atoms. The fourth-order valence-electron chi connectivity index (χ4n) is 3.00. The third-order valence-electron chi connectivity index (χ3n) is 3.72. The molecule has 1 heterocycles. The summed E-state index contributed by atoms with van der Waals surface area (Å²) in [4.78, 5) is 13.4. The number of aryl methyl sites for hydroxylation is 2. The van der Waals surface area contributed by atoms with Gasteiger partial charge in [0.25, 0.3) is 0 Å². The van der Waals surface area contributed by atoms with E-state index in [1.165, 1.54) is 16.7 Å². The Hall–Kier alpha value is -1.35. The Balaban J connectivity index is 2.15. The van der Waals surface area contributed by atoms with E-state index < -0.39 is 5.97 Å². The maximum Gasteiger partial charge on any atom is 0.321 e. The lowest BCUT2D eigenvalue weighted by atomic mass is 10.0. The van der Waals surface area contributed by atoms with E-state index in [4.69, 9.17) is 0 Å². The second kappa shape index (κ2) is 5.11. The van der Waals surface area contributed by atoms with Crippen LogP contribution in [0.1, 0.15) is 30.0 Å².